The van der Waals surface area contributed by atoms with Crippen LogP contribution in [0.25, 0.3) is 11.3 Å². The molecule has 2 aromatic rings. The molecule has 0 aliphatic carbocycles. The molecule has 0 spiro atoms. The molecular weight excluding hydrogens is 252 g/mol. The highest BCUT2D eigenvalue weighted by atomic mass is 16.5. The van der Waals surface area contributed by atoms with Crippen molar-refractivity contribution in [1.29, 1.82) is 0 Å². The molecule has 1 heterocycles. The maximum absolute atomic E-state index is 12.3. The van der Waals surface area contributed by atoms with Gasteiger partial charge in [-0.15, -0.1) is 0 Å². The summed E-state index contributed by atoms with van der Waals surface area (Å²) < 4.78 is 7.10. The molecular formula is C16H20N2O2. The van der Waals surface area contributed by atoms with Gasteiger partial charge in [-0.25, -0.2) is 0 Å². The van der Waals surface area contributed by atoms with Crippen molar-refractivity contribution in [3.63, 3.8) is 0 Å². The Kier molecular flexibility index (Phi) is 4.13. The van der Waals surface area contributed by atoms with Crippen LogP contribution in [0.2, 0.25) is 0 Å². The summed E-state index contributed by atoms with van der Waals surface area (Å²) in [4.78, 5) is 12.3. The van der Waals surface area contributed by atoms with Gasteiger partial charge in [0.2, 0.25) is 0 Å². The number of hydrogen-bond acceptors (Lipinski definition) is 3. The average Bonchev–Trinajstić information content (AvgIpc) is 2.44. The molecule has 0 fully saturated rings. The first-order chi connectivity index (χ1) is 9.54. The highest BCUT2D eigenvalue weighted by Crippen LogP contribution is 2.29. The number of ether oxygens (including phenoxy) is 1. The molecule has 0 saturated heterocycles. The number of aromatic nitrogens is 1. The lowest BCUT2D eigenvalue weighted by molar-refractivity contribution is 0.415. The smallest absolute Gasteiger partial charge is 0.274 e. The zero-order valence-corrected chi connectivity index (χ0v) is 12.1. The zero-order valence-electron chi connectivity index (χ0n) is 12.1. The van der Waals surface area contributed by atoms with E-state index in [-0.39, 0.29) is 11.2 Å². The topological polar surface area (TPSA) is 57.2 Å². The molecule has 0 atom stereocenters. The molecule has 0 aliphatic rings. The number of pyridine rings is 1. The van der Waals surface area contributed by atoms with E-state index in [0.29, 0.717) is 12.5 Å². The summed E-state index contributed by atoms with van der Waals surface area (Å²) >= 11 is 0. The monoisotopic (exact) mass is 272 g/mol. The Bertz CT molecular complexity index is 660. The highest BCUT2D eigenvalue weighted by Gasteiger charge is 2.13. The van der Waals surface area contributed by atoms with Gasteiger partial charge in [-0.05, 0) is 30.2 Å². The van der Waals surface area contributed by atoms with Crippen molar-refractivity contribution in [2.75, 3.05) is 12.8 Å². The van der Waals surface area contributed by atoms with Gasteiger partial charge in [0.25, 0.3) is 5.56 Å². The van der Waals surface area contributed by atoms with Gasteiger partial charge < -0.3 is 15.0 Å². The largest absolute Gasteiger partial charge is 0.496 e. The van der Waals surface area contributed by atoms with Gasteiger partial charge in [0.05, 0.1) is 18.5 Å². The molecule has 1 aromatic heterocycles. The molecule has 1 aromatic carbocycles. The van der Waals surface area contributed by atoms with E-state index in [1.165, 1.54) is 0 Å². The van der Waals surface area contributed by atoms with E-state index < -0.39 is 0 Å². The molecule has 0 amide bonds. The lowest BCUT2D eigenvalue weighted by atomic mass is 10.1. The van der Waals surface area contributed by atoms with Crippen molar-refractivity contribution >= 4 is 5.69 Å². The Morgan fingerprint density at radius 3 is 2.55 bits per heavy atom. The standard InChI is InChI=1S/C16H20N2O2/c1-11(2)10-18-14(9-8-13(17)16(18)19)12-6-4-5-7-15(12)20-3/h4-9,11H,10,17H2,1-3H3. The van der Waals surface area contributed by atoms with Crippen molar-refractivity contribution in [2.45, 2.75) is 20.4 Å². The molecule has 2 N–H and O–H groups in total. The highest BCUT2D eigenvalue weighted by molar-refractivity contribution is 5.68. The van der Waals surface area contributed by atoms with E-state index in [9.17, 15) is 4.79 Å². The van der Waals surface area contributed by atoms with Crippen LogP contribution in [-0.2, 0) is 6.54 Å². The molecule has 2 rings (SSSR count). The summed E-state index contributed by atoms with van der Waals surface area (Å²) in [6.07, 6.45) is 0. The van der Waals surface area contributed by atoms with Crippen LogP contribution in [0.4, 0.5) is 5.69 Å². The minimum atomic E-state index is -0.151. The number of nitrogens with two attached hydrogens (primary N) is 1. The molecule has 0 radical (unpaired) electrons. The van der Waals surface area contributed by atoms with Crippen LogP contribution in [-0.4, -0.2) is 11.7 Å². The zero-order chi connectivity index (χ0) is 14.7. The SMILES string of the molecule is COc1ccccc1-c1ccc(N)c(=O)n1CC(C)C. The number of nitrogens with zero attached hydrogens (tertiary/aromatic N) is 1. The number of benzene rings is 1. The van der Waals surface area contributed by atoms with Gasteiger partial charge >= 0.3 is 0 Å². The first kappa shape index (κ1) is 14.2. The van der Waals surface area contributed by atoms with Crippen molar-refractivity contribution in [3.8, 4) is 17.0 Å². The molecule has 20 heavy (non-hydrogen) atoms. The van der Waals surface area contributed by atoms with Crippen LogP contribution >= 0.6 is 0 Å². The van der Waals surface area contributed by atoms with Crippen LogP contribution in [0, 0.1) is 5.92 Å². The molecule has 106 valence electrons. The summed E-state index contributed by atoms with van der Waals surface area (Å²) in [7, 11) is 1.63. The predicted molar refractivity (Wildman–Crippen MR) is 81.9 cm³/mol. The number of anilines is 1. The first-order valence-electron chi connectivity index (χ1n) is 6.67. The fourth-order valence-corrected chi connectivity index (χ4v) is 2.23. The van der Waals surface area contributed by atoms with Crippen LogP contribution in [0.15, 0.2) is 41.2 Å². The molecule has 4 heteroatoms. The molecule has 4 nitrogen and oxygen atoms in total. The third-order valence-electron chi connectivity index (χ3n) is 3.13. The Morgan fingerprint density at radius 1 is 1.20 bits per heavy atom. The minimum absolute atomic E-state index is 0.151. The van der Waals surface area contributed by atoms with Crippen molar-refractivity contribution in [3.05, 3.63) is 46.8 Å². The number of nitrogen functional groups attached to an aromatic ring is 1. The molecule has 0 aliphatic heterocycles. The quantitative estimate of drug-likeness (QED) is 0.931. The van der Waals surface area contributed by atoms with E-state index in [0.717, 1.165) is 17.0 Å². The second kappa shape index (κ2) is 5.82. The number of rotatable bonds is 4. The van der Waals surface area contributed by atoms with E-state index in [2.05, 4.69) is 13.8 Å². The van der Waals surface area contributed by atoms with Crippen molar-refractivity contribution < 1.29 is 4.74 Å². The van der Waals surface area contributed by atoms with Crippen molar-refractivity contribution in [1.82, 2.24) is 4.57 Å². The van der Waals surface area contributed by atoms with Gasteiger partial charge in [-0.3, -0.25) is 4.79 Å². The van der Waals surface area contributed by atoms with E-state index in [1.54, 1.807) is 17.7 Å². The predicted octanol–water partition coefficient (Wildman–Crippen LogP) is 2.76. The lowest BCUT2D eigenvalue weighted by Crippen LogP contribution is -2.26. The maximum Gasteiger partial charge on any atom is 0.274 e. The van der Waals surface area contributed by atoms with E-state index in [4.69, 9.17) is 10.5 Å². The summed E-state index contributed by atoms with van der Waals surface area (Å²) in [5, 5.41) is 0. The number of para-hydroxylation sites is 1. The van der Waals surface area contributed by atoms with Crippen LogP contribution in [0.1, 0.15) is 13.8 Å². The Morgan fingerprint density at radius 2 is 1.90 bits per heavy atom. The summed E-state index contributed by atoms with van der Waals surface area (Å²) in [5.74, 6) is 1.09. The van der Waals surface area contributed by atoms with Gasteiger partial charge in [-0.2, -0.15) is 0 Å². The van der Waals surface area contributed by atoms with Gasteiger partial charge in [0.1, 0.15) is 5.75 Å². The first-order valence-corrected chi connectivity index (χ1v) is 6.67. The van der Waals surface area contributed by atoms with E-state index >= 15 is 0 Å². The fourth-order valence-electron chi connectivity index (χ4n) is 2.23. The van der Waals surface area contributed by atoms with Crippen molar-refractivity contribution in [2.24, 2.45) is 5.92 Å². The molecule has 0 unspecified atom stereocenters. The summed E-state index contributed by atoms with van der Waals surface area (Å²) in [6.45, 7) is 4.76. The second-order valence-corrected chi connectivity index (χ2v) is 5.18. The van der Waals surface area contributed by atoms with Crippen LogP contribution < -0.4 is 16.0 Å². The number of hydrogen-bond donors (Lipinski definition) is 1. The average molecular weight is 272 g/mol. The Hall–Kier alpha value is -2.23. The Labute approximate surface area is 118 Å². The maximum atomic E-state index is 12.3. The van der Waals surface area contributed by atoms with Crippen LogP contribution in [0.5, 0.6) is 5.75 Å². The lowest BCUT2D eigenvalue weighted by Gasteiger charge is -2.17. The van der Waals surface area contributed by atoms with Gasteiger partial charge in [0.15, 0.2) is 0 Å². The van der Waals surface area contributed by atoms with Gasteiger partial charge in [-0.1, -0.05) is 26.0 Å². The third-order valence-corrected chi connectivity index (χ3v) is 3.13. The number of methoxy groups -OCH3 is 1. The molecule has 0 saturated carbocycles. The minimum Gasteiger partial charge on any atom is -0.496 e. The fraction of sp³-hybridized carbons (Fsp3) is 0.312. The third kappa shape index (κ3) is 2.69. The Balaban J connectivity index is 2.67. The summed E-state index contributed by atoms with van der Waals surface area (Å²) in [6, 6.07) is 11.2. The molecule has 0 bridgehead atoms. The summed E-state index contributed by atoms with van der Waals surface area (Å²) in [5.41, 5.74) is 7.59. The normalized spacial score (nSPS) is 10.8. The van der Waals surface area contributed by atoms with E-state index in [1.807, 2.05) is 30.3 Å². The second-order valence-electron chi connectivity index (χ2n) is 5.18. The van der Waals surface area contributed by atoms with Crippen LogP contribution in [0.3, 0.4) is 0 Å². The van der Waals surface area contributed by atoms with Gasteiger partial charge in [0, 0.05) is 12.1 Å².